The Balaban J connectivity index is 2.31. The van der Waals surface area contributed by atoms with Crippen LogP contribution < -0.4 is 5.32 Å². The number of amides is 3. The molecule has 7 heteroatoms. The summed E-state index contributed by atoms with van der Waals surface area (Å²) in [5, 5.41) is 11.4. The van der Waals surface area contributed by atoms with Gasteiger partial charge in [0.25, 0.3) is 5.91 Å². The molecule has 1 unspecified atom stereocenters. The van der Waals surface area contributed by atoms with Gasteiger partial charge >= 0.3 is 0 Å². The summed E-state index contributed by atoms with van der Waals surface area (Å²) in [5.41, 5.74) is 0.693. The highest BCUT2D eigenvalue weighted by Gasteiger charge is 2.41. The molecule has 106 valence electrons. The Morgan fingerprint density at radius 2 is 2.15 bits per heavy atom. The van der Waals surface area contributed by atoms with Crippen molar-refractivity contribution >= 4 is 33.7 Å². The molecule has 2 N–H and O–H groups in total. The second kappa shape index (κ2) is 5.62. The molecule has 3 amide bonds. The molecule has 2 rings (SSSR count). The first-order valence-corrected chi connectivity index (χ1v) is 6.79. The number of aliphatic hydroxyl groups excluding tert-OH is 1. The summed E-state index contributed by atoms with van der Waals surface area (Å²) in [4.78, 5) is 36.5. The maximum Gasteiger partial charge on any atom is 0.258 e. The van der Waals surface area contributed by atoms with Crippen LogP contribution in [-0.4, -0.2) is 40.3 Å². The molecular weight excluding hydrogens is 328 g/mol. The summed E-state index contributed by atoms with van der Waals surface area (Å²) >= 11 is 3.26. The van der Waals surface area contributed by atoms with E-state index in [1.54, 1.807) is 0 Å². The van der Waals surface area contributed by atoms with Gasteiger partial charge in [-0.1, -0.05) is 28.6 Å². The Labute approximate surface area is 123 Å². The Morgan fingerprint density at radius 3 is 2.70 bits per heavy atom. The monoisotopic (exact) mass is 340 g/mol. The predicted octanol–water partition coefficient (Wildman–Crippen LogP) is 0.911. The van der Waals surface area contributed by atoms with Crippen LogP contribution in [0.3, 0.4) is 0 Å². The van der Waals surface area contributed by atoms with Crippen LogP contribution in [0, 0.1) is 0 Å². The van der Waals surface area contributed by atoms with E-state index in [2.05, 4.69) is 27.8 Å². The Kier molecular flexibility index (Phi) is 4.08. The van der Waals surface area contributed by atoms with E-state index >= 15 is 0 Å². The zero-order valence-corrected chi connectivity index (χ0v) is 12.1. The van der Waals surface area contributed by atoms with Gasteiger partial charge in [-0.15, -0.1) is 0 Å². The lowest BCUT2D eigenvalue weighted by atomic mass is 10.0. The standard InChI is InChI=1S/C13H13BrN2O4/c1-2-9(14)7-5-16(13(20)8(7)6-17)10-3-4-11(18)15-12(10)19/h2,6,10,17H,1,3-5H2,(H,15,18,19)/b8-6-,9-7+. The van der Waals surface area contributed by atoms with Gasteiger partial charge in [-0.25, -0.2) is 0 Å². The van der Waals surface area contributed by atoms with E-state index in [0.29, 0.717) is 10.1 Å². The predicted molar refractivity (Wildman–Crippen MR) is 74.7 cm³/mol. The van der Waals surface area contributed by atoms with Crippen molar-refractivity contribution in [2.75, 3.05) is 6.54 Å². The quantitative estimate of drug-likeness (QED) is 0.444. The number of likely N-dealkylation sites (tertiary alicyclic amines) is 1. The third-order valence-electron chi connectivity index (χ3n) is 3.33. The maximum absolute atomic E-state index is 12.2. The van der Waals surface area contributed by atoms with Crippen molar-refractivity contribution in [2.24, 2.45) is 0 Å². The Hall–Kier alpha value is -1.89. The molecule has 0 aromatic carbocycles. The van der Waals surface area contributed by atoms with Crippen LogP contribution >= 0.6 is 15.9 Å². The van der Waals surface area contributed by atoms with E-state index in [9.17, 15) is 19.5 Å². The largest absolute Gasteiger partial charge is 0.515 e. The smallest absolute Gasteiger partial charge is 0.258 e. The van der Waals surface area contributed by atoms with Crippen LogP contribution in [0.4, 0.5) is 0 Å². The molecule has 0 spiro atoms. The van der Waals surface area contributed by atoms with E-state index in [1.807, 2.05) is 0 Å². The van der Waals surface area contributed by atoms with Crippen molar-refractivity contribution in [1.82, 2.24) is 10.2 Å². The lowest BCUT2D eigenvalue weighted by Gasteiger charge is -2.28. The average Bonchev–Trinajstić information content (AvgIpc) is 2.75. The summed E-state index contributed by atoms with van der Waals surface area (Å²) in [6, 6.07) is -0.697. The molecule has 0 aromatic heterocycles. The van der Waals surface area contributed by atoms with Gasteiger partial charge in [-0.3, -0.25) is 19.7 Å². The van der Waals surface area contributed by atoms with Crippen LogP contribution in [0.1, 0.15) is 12.8 Å². The number of piperidine rings is 1. The molecule has 0 saturated carbocycles. The summed E-state index contributed by atoms with van der Waals surface area (Å²) in [5.74, 6) is -1.25. The lowest BCUT2D eigenvalue weighted by molar-refractivity contribution is -0.142. The molecule has 0 aliphatic carbocycles. The number of allylic oxidation sites excluding steroid dienone is 2. The van der Waals surface area contributed by atoms with E-state index in [0.717, 1.165) is 6.26 Å². The number of rotatable bonds is 2. The highest BCUT2D eigenvalue weighted by atomic mass is 79.9. The molecule has 2 aliphatic rings. The first-order valence-electron chi connectivity index (χ1n) is 6.00. The molecule has 2 aliphatic heterocycles. The molecule has 0 aromatic rings. The van der Waals surface area contributed by atoms with Crippen LogP contribution in [0.25, 0.3) is 0 Å². The van der Waals surface area contributed by atoms with Crippen molar-refractivity contribution < 1.29 is 19.5 Å². The molecule has 0 bridgehead atoms. The first-order chi connectivity index (χ1) is 9.49. The van der Waals surface area contributed by atoms with E-state index in [-0.39, 0.29) is 30.9 Å². The van der Waals surface area contributed by atoms with E-state index in [4.69, 9.17) is 0 Å². The minimum atomic E-state index is -0.697. The summed E-state index contributed by atoms with van der Waals surface area (Å²) < 4.78 is 0.584. The molecule has 6 nitrogen and oxygen atoms in total. The lowest BCUT2D eigenvalue weighted by Crippen LogP contribution is -2.52. The van der Waals surface area contributed by atoms with Gasteiger partial charge in [0.05, 0.1) is 11.8 Å². The second-order valence-corrected chi connectivity index (χ2v) is 5.33. The molecule has 2 heterocycles. The number of halogens is 1. The fraction of sp³-hybridized carbons (Fsp3) is 0.308. The zero-order valence-electron chi connectivity index (χ0n) is 10.6. The minimum absolute atomic E-state index is 0.126. The fourth-order valence-corrected chi connectivity index (χ4v) is 2.64. The molecule has 0 radical (unpaired) electrons. The minimum Gasteiger partial charge on any atom is -0.515 e. The van der Waals surface area contributed by atoms with E-state index in [1.165, 1.54) is 11.0 Å². The third kappa shape index (κ3) is 2.40. The van der Waals surface area contributed by atoms with Crippen LogP contribution in [0.15, 0.2) is 34.5 Å². The number of hydrogen-bond donors (Lipinski definition) is 2. The second-order valence-electron chi connectivity index (χ2n) is 4.47. The molecule has 20 heavy (non-hydrogen) atoms. The summed E-state index contributed by atoms with van der Waals surface area (Å²) in [6.07, 6.45) is 2.72. The Bertz CT molecular complexity index is 565. The van der Waals surface area contributed by atoms with Gasteiger partial charge in [0.1, 0.15) is 6.04 Å². The number of nitrogens with one attached hydrogen (secondary N) is 1. The van der Waals surface area contributed by atoms with Crippen LogP contribution in [0.2, 0.25) is 0 Å². The van der Waals surface area contributed by atoms with Gasteiger partial charge in [-0.2, -0.15) is 0 Å². The fourth-order valence-electron chi connectivity index (χ4n) is 2.30. The third-order valence-corrected chi connectivity index (χ3v) is 4.13. The number of hydrogen-bond acceptors (Lipinski definition) is 4. The topological polar surface area (TPSA) is 86.7 Å². The van der Waals surface area contributed by atoms with E-state index < -0.39 is 17.9 Å². The molecule has 2 saturated heterocycles. The molecule has 2 fully saturated rings. The van der Waals surface area contributed by atoms with Gasteiger partial charge in [-0.05, 0) is 6.42 Å². The van der Waals surface area contributed by atoms with Crippen LogP contribution in [-0.2, 0) is 14.4 Å². The normalized spacial score (nSPS) is 27.9. The highest BCUT2D eigenvalue weighted by Crippen LogP contribution is 2.31. The highest BCUT2D eigenvalue weighted by molar-refractivity contribution is 9.11. The molecule has 1 atom stereocenters. The number of imide groups is 1. The van der Waals surface area contributed by atoms with Gasteiger partial charge < -0.3 is 10.0 Å². The van der Waals surface area contributed by atoms with Crippen molar-refractivity contribution in [3.05, 3.63) is 34.5 Å². The van der Waals surface area contributed by atoms with Gasteiger partial charge in [0.2, 0.25) is 11.8 Å². The van der Waals surface area contributed by atoms with Crippen molar-refractivity contribution in [3.8, 4) is 0 Å². The van der Waals surface area contributed by atoms with Crippen molar-refractivity contribution in [1.29, 1.82) is 0 Å². The van der Waals surface area contributed by atoms with Crippen molar-refractivity contribution in [3.63, 3.8) is 0 Å². The van der Waals surface area contributed by atoms with Gasteiger partial charge in [0.15, 0.2) is 0 Å². The maximum atomic E-state index is 12.2. The van der Waals surface area contributed by atoms with Crippen molar-refractivity contribution in [2.45, 2.75) is 18.9 Å². The molecular formula is C13H13BrN2O4. The number of carbonyl (C=O) groups excluding carboxylic acids is 3. The number of carbonyl (C=O) groups is 3. The summed E-state index contributed by atoms with van der Waals surface area (Å²) in [7, 11) is 0. The SMILES string of the molecule is C=C/C(Br)=C1/CN(C2CCC(=O)NC2=O)C(=O)/C1=C\O. The number of nitrogens with zero attached hydrogens (tertiary/aromatic N) is 1. The average molecular weight is 341 g/mol. The Morgan fingerprint density at radius 1 is 1.45 bits per heavy atom. The van der Waals surface area contributed by atoms with Gasteiger partial charge in [0, 0.05) is 23.0 Å². The van der Waals surface area contributed by atoms with Crippen LogP contribution in [0.5, 0.6) is 0 Å². The first kappa shape index (κ1) is 14.5. The zero-order chi connectivity index (χ0) is 14.9. The number of aliphatic hydroxyl groups is 1. The summed E-state index contributed by atoms with van der Waals surface area (Å²) in [6.45, 7) is 3.78.